The van der Waals surface area contributed by atoms with Crippen molar-refractivity contribution >= 4 is 22.0 Å². The third kappa shape index (κ3) is 4.15. The molecule has 4 rings (SSSR count). The summed E-state index contributed by atoms with van der Waals surface area (Å²) in [5.41, 5.74) is 2.69. The Balaban J connectivity index is 1.53. The molecule has 1 amide bonds. The van der Waals surface area contributed by atoms with Crippen molar-refractivity contribution < 1.29 is 13.2 Å². The molecule has 3 aliphatic rings. The SMILES string of the molecule is CC1CCN(S(=O)(=O)c2ccc3c(c2)C=C(C(=O)N2CC(C)CC(C)C2)C3)CC1. The number of likely N-dealkylation sites (tertiary alicyclic amines) is 1. The molecule has 0 N–H and O–H groups in total. The van der Waals surface area contributed by atoms with E-state index >= 15 is 0 Å². The fourth-order valence-corrected chi connectivity index (χ4v) is 6.52. The normalized spacial score (nSPS) is 26.3. The van der Waals surface area contributed by atoms with E-state index in [0.717, 1.165) is 42.6 Å². The molecule has 2 fully saturated rings. The van der Waals surface area contributed by atoms with Crippen LogP contribution < -0.4 is 0 Å². The molecule has 1 aliphatic carbocycles. The van der Waals surface area contributed by atoms with Crippen LogP contribution in [0, 0.1) is 17.8 Å². The highest BCUT2D eigenvalue weighted by Gasteiger charge is 2.31. The van der Waals surface area contributed by atoms with Gasteiger partial charge in [0.05, 0.1) is 4.90 Å². The second-order valence-electron chi connectivity index (χ2n) is 9.45. The van der Waals surface area contributed by atoms with E-state index in [9.17, 15) is 13.2 Å². The number of rotatable bonds is 3. The Labute approximate surface area is 174 Å². The first-order valence-electron chi connectivity index (χ1n) is 10.9. The summed E-state index contributed by atoms with van der Waals surface area (Å²) in [5.74, 6) is 1.74. The number of benzene rings is 1. The Morgan fingerprint density at radius 2 is 1.66 bits per heavy atom. The quantitative estimate of drug-likeness (QED) is 0.757. The molecule has 0 radical (unpaired) electrons. The average molecular weight is 417 g/mol. The minimum Gasteiger partial charge on any atom is -0.338 e. The standard InChI is InChI=1S/C23H32N2O3S/c1-16-6-8-25(9-7-16)29(27,28)22-5-4-19-11-21(12-20(19)13-22)23(26)24-14-17(2)10-18(3)15-24/h4-5,12-13,16-18H,6-11,14-15H2,1-3H3. The molecule has 158 valence electrons. The number of amides is 1. The van der Waals surface area contributed by atoms with Crippen molar-refractivity contribution in [1.82, 2.24) is 9.21 Å². The first-order valence-corrected chi connectivity index (χ1v) is 12.3. The second-order valence-corrected chi connectivity index (χ2v) is 11.4. The lowest BCUT2D eigenvalue weighted by Gasteiger charge is -2.35. The van der Waals surface area contributed by atoms with Crippen LogP contribution in [0.25, 0.3) is 6.08 Å². The van der Waals surface area contributed by atoms with Gasteiger partial charge in [0.2, 0.25) is 15.9 Å². The van der Waals surface area contributed by atoms with Gasteiger partial charge < -0.3 is 4.90 Å². The predicted molar refractivity (Wildman–Crippen MR) is 115 cm³/mol. The van der Waals surface area contributed by atoms with Gasteiger partial charge in [-0.05, 0) is 66.4 Å². The van der Waals surface area contributed by atoms with Crippen LogP contribution >= 0.6 is 0 Å². The number of carbonyl (C=O) groups excluding carboxylic acids is 1. The summed E-state index contributed by atoms with van der Waals surface area (Å²) in [6.07, 6.45) is 5.48. The van der Waals surface area contributed by atoms with Gasteiger partial charge in [0.1, 0.15) is 0 Å². The van der Waals surface area contributed by atoms with Crippen molar-refractivity contribution in [2.75, 3.05) is 26.2 Å². The second kappa shape index (κ2) is 7.88. The van der Waals surface area contributed by atoms with E-state index in [0.29, 0.717) is 42.2 Å². The maximum absolute atomic E-state index is 13.1. The average Bonchev–Trinajstić information content (AvgIpc) is 3.10. The number of fused-ring (bicyclic) bond motifs is 1. The van der Waals surface area contributed by atoms with E-state index in [2.05, 4.69) is 20.8 Å². The number of piperidine rings is 2. The molecule has 0 bridgehead atoms. The van der Waals surface area contributed by atoms with Gasteiger partial charge in [0.15, 0.2) is 0 Å². The molecule has 6 heteroatoms. The lowest BCUT2D eigenvalue weighted by atomic mass is 9.91. The first-order chi connectivity index (χ1) is 13.7. The minimum atomic E-state index is -3.47. The van der Waals surface area contributed by atoms with Gasteiger partial charge in [0.25, 0.3) is 0 Å². The zero-order valence-electron chi connectivity index (χ0n) is 17.7. The van der Waals surface area contributed by atoms with Gasteiger partial charge in [-0.1, -0.05) is 26.8 Å². The first kappa shape index (κ1) is 20.6. The van der Waals surface area contributed by atoms with Gasteiger partial charge in [-0.3, -0.25) is 4.79 Å². The van der Waals surface area contributed by atoms with Crippen molar-refractivity contribution in [3.63, 3.8) is 0 Å². The van der Waals surface area contributed by atoms with Crippen LogP contribution in [0.3, 0.4) is 0 Å². The van der Waals surface area contributed by atoms with Crippen molar-refractivity contribution in [2.24, 2.45) is 17.8 Å². The molecule has 0 spiro atoms. The van der Waals surface area contributed by atoms with Crippen LogP contribution in [-0.2, 0) is 21.2 Å². The van der Waals surface area contributed by atoms with Crippen molar-refractivity contribution in [1.29, 1.82) is 0 Å². The van der Waals surface area contributed by atoms with E-state index in [1.807, 2.05) is 17.0 Å². The smallest absolute Gasteiger partial charge is 0.250 e. The summed E-state index contributed by atoms with van der Waals surface area (Å²) in [7, 11) is -3.47. The van der Waals surface area contributed by atoms with E-state index in [4.69, 9.17) is 0 Å². The molecule has 2 aliphatic heterocycles. The highest BCUT2D eigenvalue weighted by atomic mass is 32.2. The monoisotopic (exact) mass is 416 g/mol. The van der Waals surface area contributed by atoms with Crippen molar-refractivity contribution in [3.05, 3.63) is 34.9 Å². The minimum absolute atomic E-state index is 0.106. The zero-order valence-corrected chi connectivity index (χ0v) is 18.5. The lowest BCUT2D eigenvalue weighted by Crippen LogP contribution is -2.43. The highest BCUT2D eigenvalue weighted by Crippen LogP contribution is 2.32. The van der Waals surface area contributed by atoms with Gasteiger partial charge in [0, 0.05) is 38.2 Å². The van der Waals surface area contributed by atoms with E-state index in [1.54, 1.807) is 16.4 Å². The Kier molecular flexibility index (Phi) is 5.60. The van der Waals surface area contributed by atoms with Gasteiger partial charge >= 0.3 is 0 Å². The topological polar surface area (TPSA) is 57.7 Å². The third-order valence-electron chi connectivity index (χ3n) is 6.64. The summed E-state index contributed by atoms with van der Waals surface area (Å²) in [6.45, 7) is 9.37. The van der Waals surface area contributed by atoms with Gasteiger partial charge in [-0.15, -0.1) is 0 Å². The number of carbonyl (C=O) groups is 1. The molecule has 1 aromatic carbocycles. The molecular weight excluding hydrogens is 384 g/mol. The largest absolute Gasteiger partial charge is 0.338 e. The van der Waals surface area contributed by atoms with E-state index < -0.39 is 10.0 Å². The number of sulfonamides is 1. The van der Waals surface area contributed by atoms with Crippen molar-refractivity contribution in [3.8, 4) is 0 Å². The molecule has 0 aromatic heterocycles. The maximum atomic E-state index is 13.1. The molecule has 1 aromatic rings. The molecule has 29 heavy (non-hydrogen) atoms. The Morgan fingerprint density at radius 1 is 1.00 bits per heavy atom. The van der Waals surface area contributed by atoms with Crippen LogP contribution in [-0.4, -0.2) is 49.7 Å². The van der Waals surface area contributed by atoms with E-state index in [-0.39, 0.29) is 5.91 Å². The molecular formula is C23H32N2O3S. The van der Waals surface area contributed by atoms with Crippen molar-refractivity contribution in [2.45, 2.75) is 51.3 Å². The summed E-state index contributed by atoms with van der Waals surface area (Å²) in [5, 5.41) is 0. The maximum Gasteiger partial charge on any atom is 0.250 e. The predicted octanol–water partition coefficient (Wildman–Crippen LogP) is 3.55. The number of hydrogen-bond acceptors (Lipinski definition) is 3. The fourth-order valence-electron chi connectivity index (χ4n) is 5.02. The van der Waals surface area contributed by atoms with Crippen LogP contribution in [0.1, 0.15) is 51.2 Å². The highest BCUT2D eigenvalue weighted by molar-refractivity contribution is 7.89. The van der Waals surface area contributed by atoms with Crippen LogP contribution in [0.15, 0.2) is 28.7 Å². The van der Waals surface area contributed by atoms with Gasteiger partial charge in [-0.25, -0.2) is 8.42 Å². The summed E-state index contributed by atoms with van der Waals surface area (Å²) in [6, 6.07) is 5.34. The molecule has 2 saturated heterocycles. The molecule has 5 nitrogen and oxygen atoms in total. The Morgan fingerprint density at radius 3 is 2.31 bits per heavy atom. The summed E-state index contributed by atoms with van der Waals surface area (Å²) < 4.78 is 27.7. The summed E-state index contributed by atoms with van der Waals surface area (Å²) >= 11 is 0. The third-order valence-corrected chi connectivity index (χ3v) is 8.53. The van der Waals surface area contributed by atoms with E-state index in [1.165, 1.54) is 6.42 Å². The fraction of sp³-hybridized carbons (Fsp3) is 0.609. The lowest BCUT2D eigenvalue weighted by molar-refractivity contribution is -0.129. The van der Waals surface area contributed by atoms with Crippen LogP contribution in [0.5, 0.6) is 0 Å². The zero-order chi connectivity index (χ0) is 20.8. The Bertz CT molecular complexity index is 919. The number of hydrogen-bond donors (Lipinski definition) is 0. The Hall–Kier alpha value is -1.66. The molecule has 2 unspecified atom stereocenters. The number of nitrogens with zero attached hydrogens (tertiary/aromatic N) is 2. The van der Waals surface area contributed by atoms with Gasteiger partial charge in [-0.2, -0.15) is 4.31 Å². The van der Waals surface area contributed by atoms with Crippen LogP contribution in [0.2, 0.25) is 0 Å². The van der Waals surface area contributed by atoms with Crippen LogP contribution in [0.4, 0.5) is 0 Å². The summed E-state index contributed by atoms with van der Waals surface area (Å²) in [4.78, 5) is 15.4. The molecule has 0 saturated carbocycles. The molecule has 2 atom stereocenters. The molecule has 2 heterocycles.